The molecule has 108 valence electrons. The van der Waals surface area contributed by atoms with Crippen molar-refractivity contribution in [2.24, 2.45) is 17.1 Å². The molecule has 1 saturated heterocycles. The first-order valence-electron chi connectivity index (χ1n) is 7.42. The highest BCUT2D eigenvalue weighted by molar-refractivity contribution is 4.79. The minimum absolute atomic E-state index is 0.228. The summed E-state index contributed by atoms with van der Waals surface area (Å²) in [7, 11) is 1.76. The molecular weight excluding hydrogens is 224 g/mol. The fourth-order valence-electron chi connectivity index (χ4n) is 2.90. The molecule has 0 bridgehead atoms. The van der Waals surface area contributed by atoms with E-state index < -0.39 is 0 Å². The summed E-state index contributed by atoms with van der Waals surface area (Å²) in [5, 5.41) is 0. The molecule has 0 spiro atoms. The molecule has 3 heteroatoms. The van der Waals surface area contributed by atoms with Gasteiger partial charge in [0.15, 0.2) is 0 Å². The van der Waals surface area contributed by atoms with Crippen LogP contribution in [0.15, 0.2) is 0 Å². The van der Waals surface area contributed by atoms with E-state index in [9.17, 15) is 0 Å². The average Bonchev–Trinajstić information content (AvgIpc) is 2.55. The second kappa shape index (κ2) is 7.46. The Morgan fingerprint density at radius 3 is 2.56 bits per heavy atom. The smallest absolute Gasteiger partial charge is 0.0705 e. The molecular formula is C15H32N2O. The standard InChI is InChI=1S/C15H32N2O/c1-15(2,3)13-6-5-9-17(10-7-13)11-8-14(12-16)18-4/h13-14H,5-12,16H2,1-4H3. The lowest BCUT2D eigenvalue weighted by Gasteiger charge is -2.30. The summed E-state index contributed by atoms with van der Waals surface area (Å²) in [5.41, 5.74) is 6.13. The summed E-state index contributed by atoms with van der Waals surface area (Å²) >= 11 is 0. The van der Waals surface area contributed by atoms with Crippen molar-refractivity contribution in [3.05, 3.63) is 0 Å². The Hall–Kier alpha value is -0.120. The van der Waals surface area contributed by atoms with Gasteiger partial charge in [0.25, 0.3) is 0 Å². The third kappa shape index (κ3) is 5.25. The second-order valence-corrected chi connectivity index (χ2v) is 6.72. The molecule has 18 heavy (non-hydrogen) atoms. The quantitative estimate of drug-likeness (QED) is 0.821. The number of ether oxygens (including phenoxy) is 1. The Morgan fingerprint density at radius 1 is 1.28 bits per heavy atom. The van der Waals surface area contributed by atoms with Crippen LogP contribution in [0.2, 0.25) is 0 Å². The van der Waals surface area contributed by atoms with Gasteiger partial charge in [0.05, 0.1) is 6.10 Å². The summed E-state index contributed by atoms with van der Waals surface area (Å²) in [6.45, 7) is 11.4. The Balaban J connectivity index is 2.33. The van der Waals surface area contributed by atoms with Gasteiger partial charge >= 0.3 is 0 Å². The van der Waals surface area contributed by atoms with Crippen molar-refractivity contribution in [2.75, 3.05) is 33.3 Å². The molecule has 1 aliphatic rings. The van der Waals surface area contributed by atoms with Crippen molar-refractivity contribution in [2.45, 2.75) is 52.6 Å². The number of likely N-dealkylation sites (tertiary alicyclic amines) is 1. The molecule has 1 aliphatic heterocycles. The number of hydrogen-bond acceptors (Lipinski definition) is 3. The fraction of sp³-hybridized carbons (Fsp3) is 1.00. The topological polar surface area (TPSA) is 38.5 Å². The third-order valence-corrected chi connectivity index (χ3v) is 4.41. The van der Waals surface area contributed by atoms with Gasteiger partial charge in [-0.1, -0.05) is 20.8 Å². The normalized spacial score (nSPS) is 24.8. The predicted octanol–water partition coefficient (Wildman–Crippen LogP) is 2.50. The van der Waals surface area contributed by atoms with Crippen LogP contribution in [0, 0.1) is 11.3 Å². The molecule has 0 saturated carbocycles. The van der Waals surface area contributed by atoms with Crippen LogP contribution >= 0.6 is 0 Å². The SMILES string of the molecule is COC(CN)CCN1CCCC(C(C)(C)C)CC1. The van der Waals surface area contributed by atoms with E-state index in [1.165, 1.54) is 32.4 Å². The first-order chi connectivity index (χ1) is 8.47. The fourth-order valence-corrected chi connectivity index (χ4v) is 2.90. The molecule has 1 heterocycles. The summed E-state index contributed by atoms with van der Waals surface area (Å²) in [6, 6.07) is 0. The highest BCUT2D eigenvalue weighted by atomic mass is 16.5. The number of hydrogen-bond donors (Lipinski definition) is 1. The van der Waals surface area contributed by atoms with E-state index in [0.29, 0.717) is 12.0 Å². The van der Waals surface area contributed by atoms with Crippen LogP contribution in [-0.4, -0.2) is 44.3 Å². The van der Waals surface area contributed by atoms with Gasteiger partial charge in [-0.2, -0.15) is 0 Å². The van der Waals surface area contributed by atoms with Gasteiger partial charge in [-0.15, -0.1) is 0 Å². The maximum atomic E-state index is 5.67. The lowest BCUT2D eigenvalue weighted by Crippen LogP contribution is -2.32. The van der Waals surface area contributed by atoms with E-state index in [2.05, 4.69) is 25.7 Å². The maximum absolute atomic E-state index is 5.67. The Kier molecular flexibility index (Phi) is 6.61. The lowest BCUT2D eigenvalue weighted by atomic mass is 9.77. The number of nitrogens with two attached hydrogens (primary N) is 1. The highest BCUT2D eigenvalue weighted by Crippen LogP contribution is 2.34. The molecule has 0 amide bonds. The van der Waals surface area contributed by atoms with Crippen LogP contribution in [0.5, 0.6) is 0 Å². The van der Waals surface area contributed by atoms with Gasteiger partial charge in [-0.25, -0.2) is 0 Å². The van der Waals surface area contributed by atoms with E-state index in [-0.39, 0.29) is 6.10 Å². The van der Waals surface area contributed by atoms with Gasteiger partial charge in [-0.3, -0.25) is 0 Å². The molecule has 0 radical (unpaired) electrons. The summed E-state index contributed by atoms with van der Waals surface area (Å²) < 4.78 is 5.35. The summed E-state index contributed by atoms with van der Waals surface area (Å²) in [6.07, 6.45) is 5.34. The summed E-state index contributed by atoms with van der Waals surface area (Å²) in [4.78, 5) is 2.59. The molecule has 1 rings (SSSR count). The van der Waals surface area contributed by atoms with Crippen molar-refractivity contribution in [1.82, 2.24) is 4.90 Å². The lowest BCUT2D eigenvalue weighted by molar-refractivity contribution is 0.0893. The molecule has 2 atom stereocenters. The van der Waals surface area contributed by atoms with Crippen molar-refractivity contribution in [3.8, 4) is 0 Å². The van der Waals surface area contributed by atoms with Crippen LogP contribution in [0.4, 0.5) is 0 Å². The van der Waals surface area contributed by atoms with Gasteiger partial charge < -0.3 is 15.4 Å². The van der Waals surface area contributed by atoms with Gasteiger partial charge in [0.2, 0.25) is 0 Å². The monoisotopic (exact) mass is 256 g/mol. The van der Waals surface area contributed by atoms with Crippen LogP contribution < -0.4 is 5.73 Å². The first-order valence-corrected chi connectivity index (χ1v) is 7.42. The largest absolute Gasteiger partial charge is 0.380 e. The molecule has 0 aliphatic carbocycles. The number of methoxy groups -OCH3 is 1. The molecule has 0 aromatic heterocycles. The van der Waals surface area contributed by atoms with Crippen molar-refractivity contribution >= 4 is 0 Å². The molecule has 2 unspecified atom stereocenters. The van der Waals surface area contributed by atoms with Gasteiger partial charge in [0.1, 0.15) is 0 Å². The minimum Gasteiger partial charge on any atom is -0.380 e. The molecule has 0 aromatic rings. The minimum atomic E-state index is 0.228. The Morgan fingerprint density at radius 2 is 2.00 bits per heavy atom. The van der Waals surface area contributed by atoms with Crippen LogP contribution in [0.25, 0.3) is 0 Å². The van der Waals surface area contributed by atoms with Crippen LogP contribution in [0.3, 0.4) is 0 Å². The van der Waals surface area contributed by atoms with Gasteiger partial charge in [-0.05, 0) is 50.1 Å². The van der Waals surface area contributed by atoms with Crippen molar-refractivity contribution in [1.29, 1.82) is 0 Å². The van der Waals surface area contributed by atoms with Gasteiger partial charge in [0, 0.05) is 20.2 Å². The number of nitrogens with zero attached hydrogens (tertiary/aromatic N) is 1. The zero-order chi connectivity index (χ0) is 13.6. The van der Waals surface area contributed by atoms with E-state index in [1.54, 1.807) is 7.11 Å². The van der Waals surface area contributed by atoms with E-state index in [4.69, 9.17) is 10.5 Å². The van der Waals surface area contributed by atoms with Crippen LogP contribution in [-0.2, 0) is 4.74 Å². The number of rotatable bonds is 5. The van der Waals surface area contributed by atoms with Crippen molar-refractivity contribution in [3.63, 3.8) is 0 Å². The zero-order valence-electron chi connectivity index (χ0n) is 12.7. The van der Waals surface area contributed by atoms with Crippen molar-refractivity contribution < 1.29 is 4.74 Å². The Labute approximate surface area is 113 Å². The molecule has 3 nitrogen and oxygen atoms in total. The predicted molar refractivity (Wildman–Crippen MR) is 77.7 cm³/mol. The first kappa shape index (κ1) is 15.9. The van der Waals surface area contributed by atoms with E-state index >= 15 is 0 Å². The highest BCUT2D eigenvalue weighted by Gasteiger charge is 2.26. The average molecular weight is 256 g/mol. The van der Waals surface area contributed by atoms with Crippen LogP contribution in [0.1, 0.15) is 46.5 Å². The zero-order valence-corrected chi connectivity index (χ0v) is 12.7. The van der Waals surface area contributed by atoms with E-state index in [0.717, 1.165) is 18.9 Å². The molecule has 0 aromatic carbocycles. The maximum Gasteiger partial charge on any atom is 0.0705 e. The summed E-state index contributed by atoms with van der Waals surface area (Å²) in [5.74, 6) is 0.871. The van der Waals surface area contributed by atoms with E-state index in [1.807, 2.05) is 0 Å². The second-order valence-electron chi connectivity index (χ2n) is 6.72. The molecule has 1 fully saturated rings. The molecule has 2 N–H and O–H groups in total. The third-order valence-electron chi connectivity index (χ3n) is 4.41. The Bertz CT molecular complexity index is 221.